The minimum atomic E-state index is -0.260. The molecule has 2 heterocycles. The summed E-state index contributed by atoms with van der Waals surface area (Å²) in [4.78, 5) is 24.6. The van der Waals surface area contributed by atoms with Gasteiger partial charge in [0.1, 0.15) is 11.6 Å². The van der Waals surface area contributed by atoms with Crippen LogP contribution in [0.2, 0.25) is 0 Å². The van der Waals surface area contributed by atoms with Gasteiger partial charge in [-0.05, 0) is 36.4 Å². The van der Waals surface area contributed by atoms with E-state index in [1.165, 1.54) is 0 Å². The number of para-hydroxylation sites is 1. The number of rotatable bonds is 7. The Morgan fingerprint density at radius 2 is 1.88 bits per heavy atom. The molecule has 1 fully saturated rings. The van der Waals surface area contributed by atoms with E-state index >= 15 is 0 Å². The first-order chi connectivity index (χ1) is 16.2. The third kappa shape index (κ3) is 5.94. The highest BCUT2D eigenvalue weighted by molar-refractivity contribution is 7.98. The first kappa shape index (κ1) is 22.9. The second-order valence-electron chi connectivity index (χ2n) is 7.36. The lowest BCUT2D eigenvalue weighted by atomic mass is 10.2. The van der Waals surface area contributed by atoms with Gasteiger partial charge in [-0.2, -0.15) is 0 Å². The van der Waals surface area contributed by atoms with Crippen LogP contribution < -0.4 is 20.3 Å². The van der Waals surface area contributed by atoms with Gasteiger partial charge in [0.05, 0.1) is 26.0 Å². The number of carbonyl (C=O) groups excluding carboxylic acids is 1. The van der Waals surface area contributed by atoms with Crippen molar-refractivity contribution >= 4 is 29.3 Å². The second-order valence-corrected chi connectivity index (χ2v) is 8.38. The molecule has 33 heavy (non-hydrogen) atoms. The van der Waals surface area contributed by atoms with E-state index in [0.29, 0.717) is 30.5 Å². The number of hydrogen-bond donors (Lipinski definition) is 2. The molecule has 2 aromatic carbocycles. The summed E-state index contributed by atoms with van der Waals surface area (Å²) in [7, 11) is 3.26. The van der Waals surface area contributed by atoms with E-state index in [-0.39, 0.29) is 6.03 Å². The third-order valence-electron chi connectivity index (χ3n) is 5.17. The molecule has 4 rings (SSSR count). The van der Waals surface area contributed by atoms with Gasteiger partial charge in [0.25, 0.3) is 0 Å². The number of anilines is 2. The van der Waals surface area contributed by atoms with Crippen molar-refractivity contribution in [1.29, 1.82) is 0 Å². The highest BCUT2D eigenvalue weighted by Gasteiger charge is 2.16. The minimum absolute atomic E-state index is 0.260. The number of thioether (sulfide) groups is 1. The number of aromatic nitrogens is 2. The number of ether oxygens (including phenoxy) is 2. The second kappa shape index (κ2) is 11.0. The van der Waals surface area contributed by atoms with E-state index in [2.05, 4.69) is 21.6 Å². The van der Waals surface area contributed by atoms with Crippen LogP contribution in [0.15, 0.2) is 59.5 Å². The highest BCUT2D eigenvalue weighted by Crippen LogP contribution is 2.32. The molecule has 8 nitrogen and oxygen atoms in total. The number of benzene rings is 2. The van der Waals surface area contributed by atoms with Crippen molar-refractivity contribution in [2.24, 2.45) is 0 Å². The summed E-state index contributed by atoms with van der Waals surface area (Å²) >= 11 is 1.68. The molecule has 2 amide bonds. The Kier molecular flexibility index (Phi) is 7.64. The number of hydrogen-bond acceptors (Lipinski definition) is 7. The number of urea groups is 1. The van der Waals surface area contributed by atoms with Crippen molar-refractivity contribution in [2.75, 3.05) is 50.7 Å². The van der Waals surface area contributed by atoms with Gasteiger partial charge in [0.15, 0.2) is 5.82 Å². The first-order valence-electron chi connectivity index (χ1n) is 10.7. The fourth-order valence-electron chi connectivity index (χ4n) is 3.43. The van der Waals surface area contributed by atoms with E-state index in [1.54, 1.807) is 25.9 Å². The van der Waals surface area contributed by atoms with Gasteiger partial charge in [-0.1, -0.05) is 12.1 Å². The lowest BCUT2D eigenvalue weighted by molar-refractivity contribution is 0.122. The minimum Gasteiger partial charge on any atom is -0.496 e. The molecule has 9 heteroatoms. The summed E-state index contributed by atoms with van der Waals surface area (Å²) in [5, 5.41) is 5.31. The zero-order valence-corrected chi connectivity index (χ0v) is 19.5. The van der Waals surface area contributed by atoms with Gasteiger partial charge in [-0.25, -0.2) is 14.8 Å². The number of amides is 2. The van der Waals surface area contributed by atoms with E-state index in [4.69, 9.17) is 19.4 Å². The van der Waals surface area contributed by atoms with E-state index in [1.807, 2.05) is 48.5 Å². The predicted molar refractivity (Wildman–Crippen MR) is 131 cm³/mol. The van der Waals surface area contributed by atoms with Crippen molar-refractivity contribution in [3.8, 4) is 17.1 Å². The fraction of sp³-hybridized carbons (Fsp3) is 0.292. The van der Waals surface area contributed by atoms with Crippen molar-refractivity contribution < 1.29 is 14.3 Å². The van der Waals surface area contributed by atoms with Crippen LogP contribution in [-0.4, -0.2) is 56.5 Å². The molecule has 1 aromatic heterocycles. The average Bonchev–Trinajstić information content (AvgIpc) is 2.88. The standard InChI is InChI=1S/C24H27N5O3S/c1-25-24(30)27-18-9-7-17(8-10-18)23-26-19(15-22(28-23)29-11-13-32-14-12-29)16-33-21-6-4-3-5-20(21)31-2/h3-10,15H,11-14,16H2,1-2H3,(H2,25,27,30). The fourth-order valence-corrected chi connectivity index (χ4v) is 4.35. The Bertz CT molecular complexity index is 1090. The molecule has 1 aliphatic heterocycles. The third-order valence-corrected chi connectivity index (χ3v) is 6.26. The highest BCUT2D eigenvalue weighted by atomic mass is 32.2. The van der Waals surface area contributed by atoms with Crippen molar-refractivity contribution in [3.05, 3.63) is 60.3 Å². The van der Waals surface area contributed by atoms with Gasteiger partial charge in [0, 0.05) is 48.1 Å². The molecule has 0 radical (unpaired) electrons. The molecule has 1 saturated heterocycles. The Hall–Kier alpha value is -3.30. The molecule has 0 bridgehead atoms. The molecule has 0 atom stereocenters. The van der Waals surface area contributed by atoms with Crippen LogP contribution >= 0.6 is 11.8 Å². The summed E-state index contributed by atoms with van der Waals surface area (Å²) in [6.07, 6.45) is 0. The van der Waals surface area contributed by atoms with Crippen molar-refractivity contribution in [3.63, 3.8) is 0 Å². The molecule has 172 valence electrons. The first-order valence-corrected chi connectivity index (χ1v) is 11.7. The maximum atomic E-state index is 11.6. The van der Waals surface area contributed by atoms with Crippen molar-refractivity contribution in [1.82, 2.24) is 15.3 Å². The number of methoxy groups -OCH3 is 1. The molecule has 2 N–H and O–H groups in total. The number of nitrogens with zero attached hydrogens (tertiary/aromatic N) is 3. The van der Waals surface area contributed by atoms with E-state index in [0.717, 1.165) is 40.8 Å². The molecule has 0 aliphatic carbocycles. The Balaban J connectivity index is 1.61. The Morgan fingerprint density at radius 3 is 2.61 bits per heavy atom. The van der Waals surface area contributed by atoms with E-state index < -0.39 is 0 Å². The SMILES string of the molecule is CNC(=O)Nc1ccc(-c2nc(CSc3ccccc3OC)cc(N3CCOCC3)n2)cc1. The van der Waals surface area contributed by atoms with Gasteiger partial charge < -0.3 is 25.0 Å². The summed E-state index contributed by atoms with van der Waals surface area (Å²) < 4.78 is 11.0. The van der Waals surface area contributed by atoms with Gasteiger partial charge in [-0.15, -0.1) is 11.8 Å². The zero-order chi connectivity index (χ0) is 23.0. The largest absolute Gasteiger partial charge is 0.496 e. The van der Waals surface area contributed by atoms with Crippen LogP contribution in [0, 0.1) is 0 Å². The summed E-state index contributed by atoms with van der Waals surface area (Å²) in [6.45, 7) is 2.96. The maximum Gasteiger partial charge on any atom is 0.318 e. The van der Waals surface area contributed by atoms with Gasteiger partial charge in [-0.3, -0.25) is 0 Å². The van der Waals surface area contributed by atoms with Crippen LogP contribution in [-0.2, 0) is 10.5 Å². The normalized spacial score (nSPS) is 13.5. The molecule has 0 unspecified atom stereocenters. The lowest BCUT2D eigenvalue weighted by Gasteiger charge is -2.28. The molecule has 0 spiro atoms. The monoisotopic (exact) mass is 465 g/mol. The van der Waals surface area contributed by atoms with Crippen LogP contribution in [0.5, 0.6) is 5.75 Å². The number of morpholine rings is 1. The molecular weight excluding hydrogens is 438 g/mol. The average molecular weight is 466 g/mol. The Labute approximate surface area is 197 Å². The summed E-state index contributed by atoms with van der Waals surface area (Å²) in [5.41, 5.74) is 2.52. The molecule has 0 saturated carbocycles. The van der Waals surface area contributed by atoms with E-state index in [9.17, 15) is 4.79 Å². The summed E-state index contributed by atoms with van der Waals surface area (Å²) in [5.74, 6) is 3.08. The Morgan fingerprint density at radius 1 is 1.12 bits per heavy atom. The van der Waals surface area contributed by atoms with Crippen LogP contribution in [0.1, 0.15) is 5.69 Å². The number of carbonyl (C=O) groups is 1. The maximum absolute atomic E-state index is 11.6. The quantitative estimate of drug-likeness (QED) is 0.509. The predicted octanol–water partition coefficient (Wildman–Crippen LogP) is 4.03. The topological polar surface area (TPSA) is 88.6 Å². The van der Waals surface area contributed by atoms with Gasteiger partial charge >= 0.3 is 6.03 Å². The zero-order valence-electron chi connectivity index (χ0n) is 18.7. The molecular formula is C24H27N5O3S. The number of nitrogens with one attached hydrogen (secondary N) is 2. The smallest absolute Gasteiger partial charge is 0.318 e. The van der Waals surface area contributed by atoms with Gasteiger partial charge in [0.2, 0.25) is 0 Å². The lowest BCUT2D eigenvalue weighted by Crippen LogP contribution is -2.37. The molecule has 1 aliphatic rings. The van der Waals surface area contributed by atoms with Crippen LogP contribution in [0.3, 0.4) is 0 Å². The van der Waals surface area contributed by atoms with Crippen molar-refractivity contribution in [2.45, 2.75) is 10.6 Å². The molecule has 3 aromatic rings. The summed E-state index contributed by atoms with van der Waals surface area (Å²) in [6, 6.07) is 17.3. The van der Waals surface area contributed by atoms with Crippen LogP contribution in [0.4, 0.5) is 16.3 Å². The van der Waals surface area contributed by atoms with Crippen LogP contribution in [0.25, 0.3) is 11.4 Å².